The average Bonchev–Trinajstić information content (AvgIpc) is 3.22. The fourth-order valence-corrected chi connectivity index (χ4v) is 2.55. The monoisotopic (exact) mass is 274 g/mol. The molecular formula is C17H23FN2. The van der Waals surface area contributed by atoms with Gasteiger partial charge in [0.25, 0.3) is 0 Å². The van der Waals surface area contributed by atoms with Crippen LogP contribution in [0.15, 0.2) is 18.2 Å². The SMILES string of the molecule is C#CCN(CC1CC1)c1ccc(F)cc1C(C)NCC. The first-order valence-corrected chi connectivity index (χ1v) is 7.37. The van der Waals surface area contributed by atoms with Gasteiger partial charge in [0, 0.05) is 18.3 Å². The molecule has 0 heterocycles. The van der Waals surface area contributed by atoms with E-state index in [1.54, 1.807) is 6.07 Å². The number of hydrogen-bond acceptors (Lipinski definition) is 2. The lowest BCUT2D eigenvalue weighted by molar-refractivity contribution is 0.580. The number of hydrogen-bond donors (Lipinski definition) is 1. The molecule has 2 rings (SSSR count). The Morgan fingerprint density at radius 1 is 1.50 bits per heavy atom. The first kappa shape index (κ1) is 14.9. The van der Waals surface area contributed by atoms with Crippen molar-refractivity contribution in [3.05, 3.63) is 29.6 Å². The van der Waals surface area contributed by atoms with Crippen molar-refractivity contribution in [2.45, 2.75) is 32.7 Å². The molecule has 0 aromatic heterocycles. The van der Waals surface area contributed by atoms with E-state index in [4.69, 9.17) is 6.42 Å². The predicted molar refractivity (Wildman–Crippen MR) is 82.3 cm³/mol. The molecule has 1 unspecified atom stereocenters. The highest BCUT2D eigenvalue weighted by atomic mass is 19.1. The molecule has 0 spiro atoms. The minimum Gasteiger partial charge on any atom is -0.360 e. The number of benzene rings is 1. The Balaban J connectivity index is 2.28. The molecule has 1 aliphatic rings. The van der Waals surface area contributed by atoms with E-state index in [2.05, 4.69) is 30.0 Å². The van der Waals surface area contributed by atoms with E-state index < -0.39 is 0 Å². The maximum absolute atomic E-state index is 13.6. The van der Waals surface area contributed by atoms with Crippen LogP contribution in [0.2, 0.25) is 0 Å². The molecule has 1 N–H and O–H groups in total. The van der Waals surface area contributed by atoms with Crippen LogP contribution in [-0.2, 0) is 0 Å². The summed E-state index contributed by atoms with van der Waals surface area (Å²) in [5, 5.41) is 3.35. The molecule has 1 fully saturated rings. The Morgan fingerprint density at radius 3 is 2.85 bits per heavy atom. The molecule has 0 amide bonds. The zero-order valence-corrected chi connectivity index (χ0v) is 12.3. The van der Waals surface area contributed by atoms with Gasteiger partial charge in [0.15, 0.2) is 0 Å². The molecule has 1 aromatic carbocycles. The lowest BCUT2D eigenvalue weighted by Gasteiger charge is -2.27. The average molecular weight is 274 g/mol. The van der Waals surface area contributed by atoms with Gasteiger partial charge in [-0.15, -0.1) is 6.42 Å². The van der Waals surface area contributed by atoms with Crippen LogP contribution in [0.1, 0.15) is 38.3 Å². The lowest BCUT2D eigenvalue weighted by Crippen LogP contribution is -2.29. The fourth-order valence-electron chi connectivity index (χ4n) is 2.55. The van der Waals surface area contributed by atoms with Crippen LogP contribution < -0.4 is 10.2 Å². The zero-order valence-electron chi connectivity index (χ0n) is 12.3. The molecule has 1 aromatic rings. The van der Waals surface area contributed by atoms with Gasteiger partial charge in [-0.1, -0.05) is 12.8 Å². The number of nitrogens with zero attached hydrogens (tertiary/aromatic N) is 1. The second kappa shape index (κ2) is 6.76. The number of terminal acetylenes is 1. The van der Waals surface area contributed by atoms with Crippen molar-refractivity contribution in [2.75, 3.05) is 24.5 Å². The van der Waals surface area contributed by atoms with Gasteiger partial charge in [-0.2, -0.15) is 0 Å². The predicted octanol–water partition coefficient (Wildman–Crippen LogP) is 3.35. The summed E-state index contributed by atoms with van der Waals surface area (Å²) in [6, 6.07) is 5.12. The van der Waals surface area contributed by atoms with E-state index in [1.165, 1.54) is 18.9 Å². The van der Waals surface area contributed by atoms with Gasteiger partial charge >= 0.3 is 0 Å². The van der Waals surface area contributed by atoms with E-state index in [1.807, 2.05) is 6.07 Å². The van der Waals surface area contributed by atoms with Crippen LogP contribution in [0.4, 0.5) is 10.1 Å². The summed E-state index contributed by atoms with van der Waals surface area (Å²) in [6.45, 7) is 6.52. The van der Waals surface area contributed by atoms with E-state index in [0.29, 0.717) is 6.54 Å². The van der Waals surface area contributed by atoms with Gasteiger partial charge in [-0.05, 0) is 56.0 Å². The minimum atomic E-state index is -0.194. The molecule has 0 saturated heterocycles. The molecule has 3 heteroatoms. The Hall–Kier alpha value is -1.53. The summed E-state index contributed by atoms with van der Waals surface area (Å²) >= 11 is 0. The van der Waals surface area contributed by atoms with Crippen LogP contribution in [0.5, 0.6) is 0 Å². The summed E-state index contributed by atoms with van der Waals surface area (Å²) in [5.74, 6) is 3.28. The van der Waals surface area contributed by atoms with E-state index in [-0.39, 0.29) is 11.9 Å². The van der Waals surface area contributed by atoms with Crippen molar-refractivity contribution in [2.24, 2.45) is 5.92 Å². The maximum atomic E-state index is 13.6. The summed E-state index contributed by atoms with van der Waals surface area (Å²) in [4.78, 5) is 2.21. The summed E-state index contributed by atoms with van der Waals surface area (Å²) in [5.41, 5.74) is 2.05. The number of nitrogens with one attached hydrogen (secondary N) is 1. The summed E-state index contributed by atoms with van der Waals surface area (Å²) in [7, 11) is 0. The zero-order chi connectivity index (χ0) is 14.5. The Kier molecular flexibility index (Phi) is 5.03. The van der Waals surface area contributed by atoms with Crippen molar-refractivity contribution in [3.63, 3.8) is 0 Å². The third kappa shape index (κ3) is 3.74. The highest BCUT2D eigenvalue weighted by Crippen LogP contribution is 2.34. The van der Waals surface area contributed by atoms with Gasteiger partial charge in [-0.3, -0.25) is 0 Å². The molecule has 0 aliphatic heterocycles. The van der Waals surface area contributed by atoms with Gasteiger partial charge in [0.1, 0.15) is 5.82 Å². The van der Waals surface area contributed by atoms with Gasteiger partial charge in [0.2, 0.25) is 0 Å². The van der Waals surface area contributed by atoms with Gasteiger partial charge in [0.05, 0.1) is 6.54 Å². The van der Waals surface area contributed by atoms with Crippen molar-refractivity contribution in [3.8, 4) is 12.3 Å². The molecule has 1 atom stereocenters. The van der Waals surface area contributed by atoms with Crippen LogP contribution in [0.3, 0.4) is 0 Å². The number of halogens is 1. The topological polar surface area (TPSA) is 15.3 Å². The van der Waals surface area contributed by atoms with Crippen molar-refractivity contribution >= 4 is 5.69 Å². The molecule has 2 nitrogen and oxygen atoms in total. The fraction of sp³-hybridized carbons (Fsp3) is 0.529. The Labute approximate surface area is 121 Å². The van der Waals surface area contributed by atoms with Crippen molar-refractivity contribution < 1.29 is 4.39 Å². The standard InChI is InChI=1S/C17H23FN2/c1-4-10-20(12-14-6-7-14)17-9-8-15(18)11-16(17)13(3)19-5-2/h1,8-9,11,13-14,19H,5-7,10,12H2,2-3H3. The number of rotatable bonds is 7. The van der Waals surface area contributed by atoms with E-state index in [9.17, 15) is 4.39 Å². The minimum absolute atomic E-state index is 0.116. The Morgan fingerprint density at radius 2 is 2.25 bits per heavy atom. The molecule has 0 radical (unpaired) electrons. The molecule has 108 valence electrons. The summed E-state index contributed by atoms with van der Waals surface area (Å²) < 4.78 is 13.6. The van der Waals surface area contributed by atoms with Crippen LogP contribution in [0.25, 0.3) is 0 Å². The largest absolute Gasteiger partial charge is 0.360 e. The second-order valence-electron chi connectivity index (χ2n) is 5.51. The first-order valence-electron chi connectivity index (χ1n) is 7.37. The molecule has 20 heavy (non-hydrogen) atoms. The van der Waals surface area contributed by atoms with Crippen LogP contribution in [0, 0.1) is 24.1 Å². The molecule has 1 aliphatic carbocycles. The Bertz CT molecular complexity index is 488. The lowest BCUT2D eigenvalue weighted by atomic mass is 10.0. The molecule has 0 bridgehead atoms. The highest BCUT2D eigenvalue weighted by Gasteiger charge is 2.25. The maximum Gasteiger partial charge on any atom is 0.123 e. The van der Waals surface area contributed by atoms with E-state index >= 15 is 0 Å². The first-order chi connectivity index (χ1) is 9.65. The molecular weight excluding hydrogens is 251 g/mol. The van der Waals surface area contributed by atoms with E-state index in [0.717, 1.165) is 30.3 Å². The van der Waals surface area contributed by atoms with Crippen molar-refractivity contribution in [1.82, 2.24) is 5.32 Å². The van der Waals surface area contributed by atoms with Crippen LogP contribution in [-0.4, -0.2) is 19.6 Å². The van der Waals surface area contributed by atoms with Crippen LogP contribution >= 0.6 is 0 Å². The highest BCUT2D eigenvalue weighted by molar-refractivity contribution is 5.56. The van der Waals surface area contributed by atoms with Gasteiger partial charge < -0.3 is 10.2 Å². The normalized spacial score (nSPS) is 15.7. The summed E-state index contributed by atoms with van der Waals surface area (Å²) in [6.07, 6.45) is 8.05. The quantitative estimate of drug-likeness (QED) is 0.767. The van der Waals surface area contributed by atoms with Crippen molar-refractivity contribution in [1.29, 1.82) is 0 Å². The third-order valence-electron chi connectivity index (χ3n) is 3.76. The van der Waals surface area contributed by atoms with Gasteiger partial charge in [-0.25, -0.2) is 4.39 Å². The smallest absolute Gasteiger partial charge is 0.123 e. The third-order valence-corrected chi connectivity index (χ3v) is 3.76. The molecule has 1 saturated carbocycles. The second-order valence-corrected chi connectivity index (χ2v) is 5.51. The number of anilines is 1.